The van der Waals surface area contributed by atoms with Crippen molar-refractivity contribution in [2.75, 3.05) is 19.5 Å². The number of carbonyl (C=O) groups is 1. The third-order valence-electron chi connectivity index (χ3n) is 7.49. The van der Waals surface area contributed by atoms with Gasteiger partial charge in [0.15, 0.2) is 17.2 Å². The summed E-state index contributed by atoms with van der Waals surface area (Å²) < 4.78 is 25.3. The van der Waals surface area contributed by atoms with Crippen molar-refractivity contribution in [3.63, 3.8) is 0 Å². The molecule has 3 aromatic carbocycles. The van der Waals surface area contributed by atoms with Crippen LogP contribution < -0.4 is 24.3 Å². The van der Waals surface area contributed by atoms with Crippen LogP contribution in [0.3, 0.4) is 0 Å². The van der Waals surface area contributed by atoms with E-state index in [4.69, 9.17) is 18.9 Å². The molecule has 0 bridgehead atoms. The van der Waals surface area contributed by atoms with Gasteiger partial charge >= 0.3 is 0 Å². The van der Waals surface area contributed by atoms with Gasteiger partial charge in [-0.3, -0.25) is 4.79 Å². The molecule has 0 fully saturated rings. The fraction of sp³-hybridized carbons (Fsp3) is 0.400. The summed E-state index contributed by atoms with van der Waals surface area (Å²) in [5.74, 6) is 1.75. The van der Waals surface area contributed by atoms with Gasteiger partial charge in [0.1, 0.15) is 23.8 Å². The van der Waals surface area contributed by atoms with Crippen LogP contribution in [0.1, 0.15) is 81.2 Å². The first-order valence-electron chi connectivity index (χ1n) is 15.1. The number of hydrogen-bond acceptors (Lipinski definition) is 7. The van der Waals surface area contributed by atoms with E-state index in [1.54, 1.807) is 38.0 Å². The molecule has 234 valence electrons. The van der Waals surface area contributed by atoms with Gasteiger partial charge in [0.25, 0.3) is 5.91 Å². The Balaban J connectivity index is 1.64. The first kappa shape index (κ1) is 32.4. The number of nitrogens with zero attached hydrogens (tertiary/aromatic N) is 3. The summed E-state index contributed by atoms with van der Waals surface area (Å²) in [6.45, 7) is 12.8. The maximum atomic E-state index is 13.7. The highest BCUT2D eigenvalue weighted by Gasteiger charge is 2.24. The van der Waals surface area contributed by atoms with Crippen LogP contribution in [0.2, 0.25) is 0 Å². The lowest BCUT2D eigenvalue weighted by molar-refractivity contribution is 0.102. The zero-order chi connectivity index (χ0) is 31.9. The molecule has 1 heterocycles. The summed E-state index contributed by atoms with van der Waals surface area (Å²) >= 11 is 0. The Hall–Kier alpha value is -4.53. The smallest absolute Gasteiger partial charge is 0.278 e. The highest BCUT2D eigenvalue weighted by atomic mass is 16.5. The van der Waals surface area contributed by atoms with Crippen LogP contribution in [0, 0.1) is 6.92 Å². The highest BCUT2D eigenvalue weighted by molar-refractivity contribution is 6.04. The van der Waals surface area contributed by atoms with Gasteiger partial charge in [0.05, 0.1) is 31.7 Å². The number of amides is 1. The molecule has 1 atom stereocenters. The SMILES string of the molecule is CCC[C@H](CC)Oc1ccc(C(C)(C)C)cc1NC(=O)c1nnn(-c2cc(OC)c(OCc3ccccc3)cc2OC)c1C. The topological polar surface area (TPSA) is 96.7 Å². The predicted octanol–water partition coefficient (Wildman–Crippen LogP) is 7.68. The Kier molecular flexibility index (Phi) is 10.5. The molecule has 0 aliphatic rings. The van der Waals surface area contributed by atoms with E-state index >= 15 is 0 Å². The summed E-state index contributed by atoms with van der Waals surface area (Å²) in [4.78, 5) is 13.7. The maximum Gasteiger partial charge on any atom is 0.278 e. The monoisotopic (exact) mass is 600 g/mol. The first-order valence-corrected chi connectivity index (χ1v) is 15.1. The van der Waals surface area contributed by atoms with Crippen molar-refractivity contribution in [2.45, 2.75) is 78.9 Å². The van der Waals surface area contributed by atoms with Crippen LogP contribution in [0.15, 0.2) is 60.7 Å². The van der Waals surface area contributed by atoms with Gasteiger partial charge in [-0.2, -0.15) is 0 Å². The van der Waals surface area contributed by atoms with Crippen molar-refractivity contribution in [1.82, 2.24) is 15.0 Å². The highest BCUT2D eigenvalue weighted by Crippen LogP contribution is 2.38. The average molecular weight is 601 g/mol. The lowest BCUT2D eigenvalue weighted by atomic mass is 9.87. The Morgan fingerprint density at radius 2 is 1.66 bits per heavy atom. The summed E-state index contributed by atoms with van der Waals surface area (Å²) in [6, 6.07) is 19.4. The second-order valence-electron chi connectivity index (χ2n) is 11.7. The lowest BCUT2D eigenvalue weighted by Gasteiger charge is -2.24. The van der Waals surface area contributed by atoms with Gasteiger partial charge < -0.3 is 24.3 Å². The zero-order valence-electron chi connectivity index (χ0n) is 27.1. The molecule has 9 nitrogen and oxygen atoms in total. The maximum absolute atomic E-state index is 13.7. The molecule has 0 radical (unpaired) electrons. The van der Waals surface area contributed by atoms with Gasteiger partial charge in [-0.1, -0.05) is 82.7 Å². The second-order valence-corrected chi connectivity index (χ2v) is 11.7. The Bertz CT molecular complexity index is 1560. The molecular weight excluding hydrogens is 556 g/mol. The number of anilines is 1. The van der Waals surface area contributed by atoms with Crippen molar-refractivity contribution < 1.29 is 23.7 Å². The number of rotatable bonds is 13. The molecule has 44 heavy (non-hydrogen) atoms. The third kappa shape index (κ3) is 7.51. The van der Waals surface area contributed by atoms with E-state index in [0.29, 0.717) is 46.7 Å². The molecule has 1 aromatic heterocycles. The van der Waals surface area contributed by atoms with E-state index in [2.05, 4.69) is 56.3 Å². The first-order chi connectivity index (χ1) is 21.1. The Morgan fingerprint density at radius 1 is 0.932 bits per heavy atom. The van der Waals surface area contributed by atoms with Crippen LogP contribution in [-0.4, -0.2) is 41.2 Å². The second kappa shape index (κ2) is 14.3. The largest absolute Gasteiger partial charge is 0.494 e. The van der Waals surface area contributed by atoms with Crippen molar-refractivity contribution in [1.29, 1.82) is 0 Å². The number of methoxy groups -OCH3 is 2. The standard InChI is InChI=1S/C35H44N4O5/c1-9-14-26(10-2)44-29-18-17-25(35(4,5)6)19-27(29)36-34(40)33-23(3)39(38-37-33)28-20-31(42-8)32(21-30(28)41-7)43-22-24-15-12-11-13-16-24/h11-13,15-21,26H,9-10,14,22H2,1-8H3,(H,36,40)/t26-/m0/s1. The third-order valence-corrected chi connectivity index (χ3v) is 7.49. The number of benzene rings is 3. The van der Waals surface area contributed by atoms with Crippen molar-refractivity contribution in [2.24, 2.45) is 0 Å². The Morgan fingerprint density at radius 3 is 2.30 bits per heavy atom. The lowest BCUT2D eigenvalue weighted by Crippen LogP contribution is -2.20. The molecule has 9 heteroatoms. The fourth-order valence-electron chi connectivity index (χ4n) is 4.86. The quantitative estimate of drug-likeness (QED) is 0.168. The van der Waals surface area contributed by atoms with Gasteiger partial charge in [-0.05, 0) is 48.4 Å². The summed E-state index contributed by atoms with van der Waals surface area (Å²) in [7, 11) is 3.14. The number of aromatic nitrogens is 3. The van der Waals surface area contributed by atoms with Gasteiger partial charge in [0, 0.05) is 12.1 Å². The van der Waals surface area contributed by atoms with E-state index in [1.807, 2.05) is 42.5 Å². The molecule has 0 unspecified atom stereocenters. The van der Waals surface area contributed by atoms with Crippen LogP contribution in [0.5, 0.6) is 23.0 Å². The predicted molar refractivity (Wildman–Crippen MR) is 173 cm³/mol. The summed E-state index contributed by atoms with van der Waals surface area (Å²) in [6.07, 6.45) is 2.87. The van der Waals surface area contributed by atoms with E-state index in [1.165, 1.54) is 0 Å². The van der Waals surface area contributed by atoms with Crippen LogP contribution in [0.25, 0.3) is 5.69 Å². The van der Waals surface area contributed by atoms with Crippen molar-refractivity contribution in [3.05, 3.63) is 83.2 Å². The zero-order valence-corrected chi connectivity index (χ0v) is 27.1. The molecule has 0 saturated carbocycles. The molecule has 4 aromatic rings. The van der Waals surface area contributed by atoms with Crippen LogP contribution >= 0.6 is 0 Å². The van der Waals surface area contributed by atoms with Gasteiger partial charge in [-0.15, -0.1) is 5.10 Å². The van der Waals surface area contributed by atoms with E-state index in [0.717, 1.165) is 30.4 Å². The van der Waals surface area contributed by atoms with Gasteiger partial charge in [0.2, 0.25) is 0 Å². The average Bonchev–Trinajstić information content (AvgIpc) is 3.40. The normalized spacial score (nSPS) is 12.0. The number of ether oxygens (including phenoxy) is 4. The summed E-state index contributed by atoms with van der Waals surface area (Å²) in [5.41, 5.74) is 3.87. The summed E-state index contributed by atoms with van der Waals surface area (Å²) in [5, 5.41) is 11.6. The molecule has 4 rings (SSSR count). The van der Waals surface area contributed by atoms with E-state index in [-0.39, 0.29) is 23.1 Å². The van der Waals surface area contributed by atoms with Crippen molar-refractivity contribution >= 4 is 11.6 Å². The number of carbonyl (C=O) groups excluding carboxylic acids is 1. The molecule has 1 N–H and O–H groups in total. The number of nitrogens with one attached hydrogen (secondary N) is 1. The van der Waals surface area contributed by atoms with Crippen molar-refractivity contribution in [3.8, 4) is 28.7 Å². The molecule has 0 aliphatic heterocycles. The fourth-order valence-corrected chi connectivity index (χ4v) is 4.86. The van der Waals surface area contributed by atoms with Crippen LogP contribution in [-0.2, 0) is 12.0 Å². The number of hydrogen-bond donors (Lipinski definition) is 1. The van der Waals surface area contributed by atoms with Crippen LogP contribution in [0.4, 0.5) is 5.69 Å². The molecular formula is C35H44N4O5. The van der Waals surface area contributed by atoms with Gasteiger partial charge in [-0.25, -0.2) is 4.68 Å². The Labute approximate surface area is 260 Å². The van der Waals surface area contributed by atoms with E-state index < -0.39 is 0 Å². The minimum absolute atomic E-state index is 0.0563. The molecule has 0 aliphatic carbocycles. The molecule has 1 amide bonds. The minimum Gasteiger partial charge on any atom is -0.494 e. The van der Waals surface area contributed by atoms with E-state index in [9.17, 15) is 4.79 Å². The molecule has 0 saturated heterocycles. The minimum atomic E-state index is -0.387. The molecule has 0 spiro atoms.